The first kappa shape index (κ1) is 20.7. The molecule has 1 heterocycles. The lowest BCUT2D eigenvalue weighted by atomic mass is 10.0. The number of aryl methyl sites for hydroxylation is 1. The lowest BCUT2D eigenvalue weighted by Crippen LogP contribution is -1.94. The Bertz CT molecular complexity index is 1270. The molecule has 0 saturated carbocycles. The molecule has 0 bridgehead atoms. The number of methoxy groups -OCH3 is 1. The second kappa shape index (κ2) is 9.51. The molecule has 1 aromatic heterocycles. The molecule has 0 aliphatic heterocycles. The Labute approximate surface area is 180 Å². The lowest BCUT2D eigenvalue weighted by molar-refractivity contribution is 0.195. The van der Waals surface area contributed by atoms with Crippen LogP contribution in [0.15, 0.2) is 72.9 Å². The van der Waals surface area contributed by atoms with Crippen LogP contribution < -0.4 is 0 Å². The highest BCUT2D eigenvalue weighted by molar-refractivity contribution is 5.84. The van der Waals surface area contributed by atoms with E-state index in [4.69, 9.17) is 4.74 Å². The zero-order valence-electron chi connectivity index (χ0n) is 17.2. The van der Waals surface area contributed by atoms with Crippen molar-refractivity contribution < 1.29 is 13.5 Å². The van der Waals surface area contributed by atoms with Crippen molar-refractivity contribution >= 4 is 10.8 Å². The third kappa shape index (κ3) is 5.14. The maximum absolute atomic E-state index is 14.6. The molecule has 154 valence electrons. The predicted molar refractivity (Wildman–Crippen MR) is 120 cm³/mol. The second-order valence-electron chi connectivity index (χ2n) is 7.30. The molecule has 0 spiro atoms. The van der Waals surface area contributed by atoms with Gasteiger partial charge in [-0.25, -0.2) is 8.78 Å². The molecule has 0 unspecified atom stereocenters. The summed E-state index contributed by atoms with van der Waals surface area (Å²) in [4.78, 5) is 4.46. The molecule has 0 aliphatic carbocycles. The van der Waals surface area contributed by atoms with Gasteiger partial charge in [0.1, 0.15) is 11.6 Å². The molecule has 0 fully saturated rings. The van der Waals surface area contributed by atoms with E-state index in [1.165, 1.54) is 18.2 Å². The normalized spacial score (nSPS) is 10.7. The fourth-order valence-electron chi connectivity index (χ4n) is 3.37. The molecule has 31 heavy (non-hydrogen) atoms. The standard InChI is InChI=1S/C27H21F2NO/c1-31-14-2-3-20-6-13-27(30-18-20)24-10-9-21(26(29)17-24)7-4-19-5-8-23-16-25(28)12-11-22(23)15-19/h5-6,8-13,15-18H,2-3,14H2,1H3. The Morgan fingerprint density at radius 1 is 0.871 bits per heavy atom. The summed E-state index contributed by atoms with van der Waals surface area (Å²) >= 11 is 0. The third-order valence-electron chi connectivity index (χ3n) is 5.05. The summed E-state index contributed by atoms with van der Waals surface area (Å²) in [5, 5.41) is 1.69. The summed E-state index contributed by atoms with van der Waals surface area (Å²) in [6.45, 7) is 0.715. The fourth-order valence-corrected chi connectivity index (χ4v) is 3.37. The molecule has 0 amide bonds. The molecular weight excluding hydrogens is 392 g/mol. The van der Waals surface area contributed by atoms with Gasteiger partial charge >= 0.3 is 0 Å². The second-order valence-corrected chi connectivity index (χ2v) is 7.30. The van der Waals surface area contributed by atoms with Crippen molar-refractivity contribution in [3.63, 3.8) is 0 Å². The van der Waals surface area contributed by atoms with Gasteiger partial charge < -0.3 is 4.74 Å². The van der Waals surface area contributed by atoms with Gasteiger partial charge in [-0.15, -0.1) is 0 Å². The van der Waals surface area contributed by atoms with Crippen molar-refractivity contribution in [2.75, 3.05) is 13.7 Å². The number of ether oxygens (including phenoxy) is 1. The van der Waals surface area contributed by atoms with Crippen LogP contribution in [0.5, 0.6) is 0 Å². The van der Waals surface area contributed by atoms with Crippen molar-refractivity contribution in [1.29, 1.82) is 0 Å². The van der Waals surface area contributed by atoms with Gasteiger partial charge in [0.15, 0.2) is 0 Å². The van der Waals surface area contributed by atoms with Crippen molar-refractivity contribution in [2.24, 2.45) is 0 Å². The van der Waals surface area contributed by atoms with Crippen LogP contribution in [-0.2, 0) is 11.2 Å². The van der Waals surface area contributed by atoms with Crippen LogP contribution in [0.3, 0.4) is 0 Å². The smallest absolute Gasteiger partial charge is 0.139 e. The monoisotopic (exact) mass is 413 g/mol. The van der Waals surface area contributed by atoms with E-state index in [0.29, 0.717) is 17.7 Å². The number of hydrogen-bond donors (Lipinski definition) is 0. The largest absolute Gasteiger partial charge is 0.385 e. The lowest BCUT2D eigenvalue weighted by Gasteiger charge is -2.05. The molecule has 4 aromatic rings. The van der Waals surface area contributed by atoms with E-state index >= 15 is 0 Å². The van der Waals surface area contributed by atoms with Crippen LogP contribution in [0.25, 0.3) is 22.0 Å². The summed E-state index contributed by atoms with van der Waals surface area (Å²) in [6, 6.07) is 18.9. The summed E-state index contributed by atoms with van der Waals surface area (Å²) in [5.74, 6) is 5.22. The number of halogens is 2. The summed E-state index contributed by atoms with van der Waals surface area (Å²) < 4.78 is 33.0. The van der Waals surface area contributed by atoms with E-state index in [1.54, 1.807) is 25.3 Å². The zero-order chi connectivity index (χ0) is 21.6. The number of aromatic nitrogens is 1. The Kier molecular flexibility index (Phi) is 6.35. The van der Waals surface area contributed by atoms with Gasteiger partial charge in [-0.3, -0.25) is 4.98 Å². The zero-order valence-corrected chi connectivity index (χ0v) is 17.2. The number of fused-ring (bicyclic) bond motifs is 1. The summed E-state index contributed by atoms with van der Waals surface area (Å²) in [6.07, 6.45) is 3.66. The average molecular weight is 413 g/mol. The average Bonchev–Trinajstić information content (AvgIpc) is 2.79. The van der Waals surface area contributed by atoms with Crippen LogP contribution in [0, 0.1) is 23.5 Å². The number of hydrogen-bond acceptors (Lipinski definition) is 2. The highest BCUT2D eigenvalue weighted by Gasteiger charge is 2.05. The quantitative estimate of drug-likeness (QED) is 0.289. The van der Waals surface area contributed by atoms with Crippen LogP contribution in [-0.4, -0.2) is 18.7 Å². The van der Waals surface area contributed by atoms with Crippen molar-refractivity contribution in [2.45, 2.75) is 12.8 Å². The van der Waals surface area contributed by atoms with Gasteiger partial charge in [0.25, 0.3) is 0 Å². The van der Waals surface area contributed by atoms with E-state index in [-0.39, 0.29) is 11.6 Å². The van der Waals surface area contributed by atoms with Gasteiger partial charge in [0.2, 0.25) is 0 Å². The van der Waals surface area contributed by atoms with Gasteiger partial charge in [-0.05, 0) is 71.6 Å². The highest BCUT2D eigenvalue weighted by atomic mass is 19.1. The molecule has 0 atom stereocenters. The van der Waals surface area contributed by atoms with Gasteiger partial charge in [0.05, 0.1) is 11.3 Å². The molecular formula is C27H21F2NO. The Morgan fingerprint density at radius 3 is 2.48 bits per heavy atom. The van der Waals surface area contributed by atoms with Gasteiger partial charge in [0, 0.05) is 31.0 Å². The highest BCUT2D eigenvalue weighted by Crippen LogP contribution is 2.21. The van der Waals surface area contributed by atoms with E-state index in [2.05, 4.69) is 16.8 Å². The van der Waals surface area contributed by atoms with Crippen LogP contribution in [0.1, 0.15) is 23.1 Å². The molecule has 0 aliphatic rings. The van der Waals surface area contributed by atoms with Crippen LogP contribution >= 0.6 is 0 Å². The maximum atomic E-state index is 14.6. The SMILES string of the molecule is COCCCc1ccc(-c2ccc(C#Cc3ccc4cc(F)ccc4c3)c(F)c2)nc1. The molecule has 0 radical (unpaired) electrons. The molecule has 0 saturated heterocycles. The number of benzene rings is 3. The number of nitrogens with zero attached hydrogens (tertiary/aromatic N) is 1. The predicted octanol–water partition coefficient (Wildman–Crippen LogP) is 6.16. The number of rotatable bonds is 5. The minimum absolute atomic E-state index is 0.274. The Balaban J connectivity index is 1.51. The topological polar surface area (TPSA) is 22.1 Å². The summed E-state index contributed by atoms with van der Waals surface area (Å²) in [7, 11) is 1.69. The van der Waals surface area contributed by atoms with Crippen molar-refractivity contribution in [1.82, 2.24) is 4.98 Å². The first-order chi connectivity index (χ1) is 15.1. The van der Waals surface area contributed by atoms with E-state index in [9.17, 15) is 8.78 Å². The van der Waals surface area contributed by atoms with Crippen LogP contribution in [0.2, 0.25) is 0 Å². The maximum Gasteiger partial charge on any atom is 0.139 e. The van der Waals surface area contributed by atoms with Crippen molar-refractivity contribution in [3.05, 3.63) is 101 Å². The minimum Gasteiger partial charge on any atom is -0.385 e. The first-order valence-electron chi connectivity index (χ1n) is 10.1. The molecule has 2 nitrogen and oxygen atoms in total. The van der Waals surface area contributed by atoms with Gasteiger partial charge in [-0.2, -0.15) is 0 Å². The van der Waals surface area contributed by atoms with E-state index in [0.717, 1.165) is 40.4 Å². The minimum atomic E-state index is -0.390. The van der Waals surface area contributed by atoms with Crippen molar-refractivity contribution in [3.8, 4) is 23.1 Å². The van der Waals surface area contributed by atoms with Crippen LogP contribution in [0.4, 0.5) is 8.78 Å². The van der Waals surface area contributed by atoms with E-state index < -0.39 is 0 Å². The third-order valence-corrected chi connectivity index (χ3v) is 5.05. The fraction of sp³-hybridized carbons (Fsp3) is 0.148. The van der Waals surface area contributed by atoms with Gasteiger partial charge in [-0.1, -0.05) is 36.1 Å². The molecule has 0 N–H and O–H groups in total. The Morgan fingerprint density at radius 2 is 1.71 bits per heavy atom. The van der Waals surface area contributed by atoms with E-state index in [1.807, 2.05) is 36.5 Å². The molecule has 4 heteroatoms. The molecule has 4 rings (SSSR count). The molecule has 3 aromatic carbocycles. The Hall–Kier alpha value is -3.55. The number of pyridine rings is 1. The first-order valence-corrected chi connectivity index (χ1v) is 10.1. The summed E-state index contributed by atoms with van der Waals surface area (Å²) in [5.41, 5.74) is 3.62.